The zero-order valence-corrected chi connectivity index (χ0v) is 15.1. The molecule has 1 aliphatic rings. The van der Waals surface area contributed by atoms with E-state index < -0.39 is 16.1 Å². The molecule has 0 bridgehead atoms. The van der Waals surface area contributed by atoms with Gasteiger partial charge in [-0.25, -0.2) is 13.6 Å². The summed E-state index contributed by atoms with van der Waals surface area (Å²) in [5.74, 6) is -0.196. The van der Waals surface area contributed by atoms with E-state index in [1.54, 1.807) is 0 Å². The number of benzene rings is 2. The van der Waals surface area contributed by atoms with Gasteiger partial charge in [0.2, 0.25) is 15.9 Å². The molecule has 0 unspecified atom stereocenters. The van der Waals surface area contributed by atoms with Gasteiger partial charge in [-0.05, 0) is 49.2 Å². The molecule has 0 radical (unpaired) electrons. The molecule has 9 heteroatoms. The fraction of sp³-hybridized carbons (Fsp3) is 0.222. The first-order chi connectivity index (χ1) is 12.9. The van der Waals surface area contributed by atoms with Crippen LogP contribution in [0.4, 0.5) is 11.7 Å². The van der Waals surface area contributed by atoms with Crippen molar-refractivity contribution in [2.45, 2.75) is 23.8 Å². The number of aromatic nitrogens is 1. The normalized spacial score (nSPS) is 17.4. The van der Waals surface area contributed by atoms with Crippen molar-refractivity contribution in [3.05, 3.63) is 48.5 Å². The number of carbonyl (C=O) groups is 1. The number of amides is 1. The van der Waals surface area contributed by atoms with Crippen LogP contribution in [0.3, 0.4) is 0 Å². The van der Waals surface area contributed by atoms with Gasteiger partial charge in [-0.1, -0.05) is 12.1 Å². The Labute approximate surface area is 156 Å². The predicted octanol–water partition coefficient (Wildman–Crippen LogP) is 2.08. The lowest BCUT2D eigenvalue weighted by atomic mass is 10.2. The smallest absolute Gasteiger partial charge is 0.299 e. The molecule has 2 heterocycles. The molecule has 1 atom stereocenters. The molecule has 1 aliphatic heterocycles. The summed E-state index contributed by atoms with van der Waals surface area (Å²) in [6.07, 6.45) is 1.53. The SMILES string of the molecule is NS(=O)(=O)c1ccc(NC(=O)[C@H]2CCCN2c2nc3ccccc3o2)cc1. The van der Waals surface area contributed by atoms with Crippen LogP contribution in [-0.2, 0) is 14.8 Å². The van der Waals surface area contributed by atoms with Crippen molar-refractivity contribution in [1.29, 1.82) is 0 Å². The lowest BCUT2D eigenvalue weighted by molar-refractivity contribution is -0.117. The number of hydrogen-bond donors (Lipinski definition) is 2. The van der Waals surface area contributed by atoms with Crippen LogP contribution in [0.25, 0.3) is 11.1 Å². The Hall–Kier alpha value is -2.91. The van der Waals surface area contributed by atoms with Gasteiger partial charge in [0.05, 0.1) is 4.90 Å². The lowest BCUT2D eigenvalue weighted by Gasteiger charge is -2.22. The van der Waals surface area contributed by atoms with E-state index in [-0.39, 0.29) is 10.8 Å². The van der Waals surface area contributed by atoms with Crippen LogP contribution in [0.1, 0.15) is 12.8 Å². The largest absolute Gasteiger partial charge is 0.423 e. The van der Waals surface area contributed by atoms with Crippen LogP contribution in [-0.4, -0.2) is 31.9 Å². The molecule has 3 N–H and O–H groups in total. The Morgan fingerprint density at radius 1 is 1.19 bits per heavy atom. The topological polar surface area (TPSA) is 119 Å². The van der Waals surface area contributed by atoms with Crippen molar-refractivity contribution >= 4 is 38.7 Å². The van der Waals surface area contributed by atoms with Crippen molar-refractivity contribution in [3.63, 3.8) is 0 Å². The van der Waals surface area contributed by atoms with Gasteiger partial charge in [-0.3, -0.25) is 4.79 Å². The number of hydrogen-bond acceptors (Lipinski definition) is 6. The maximum atomic E-state index is 12.7. The molecule has 1 amide bonds. The molecular formula is C18H18N4O4S. The molecule has 3 aromatic rings. The number of nitrogens with two attached hydrogens (primary N) is 1. The van der Waals surface area contributed by atoms with E-state index >= 15 is 0 Å². The van der Waals surface area contributed by atoms with Gasteiger partial charge in [0.15, 0.2) is 5.58 Å². The monoisotopic (exact) mass is 386 g/mol. The highest BCUT2D eigenvalue weighted by atomic mass is 32.2. The van der Waals surface area contributed by atoms with Crippen LogP contribution >= 0.6 is 0 Å². The molecule has 1 aromatic heterocycles. The van der Waals surface area contributed by atoms with E-state index in [9.17, 15) is 13.2 Å². The molecule has 0 spiro atoms. The predicted molar refractivity (Wildman–Crippen MR) is 101 cm³/mol. The van der Waals surface area contributed by atoms with Crippen LogP contribution < -0.4 is 15.4 Å². The number of carbonyl (C=O) groups excluding carboxylic acids is 1. The Kier molecular flexibility index (Phi) is 4.33. The van der Waals surface area contributed by atoms with Gasteiger partial charge < -0.3 is 14.6 Å². The minimum absolute atomic E-state index is 0.00512. The Morgan fingerprint density at radius 2 is 1.93 bits per heavy atom. The summed E-state index contributed by atoms with van der Waals surface area (Å²) in [6, 6.07) is 13.2. The highest BCUT2D eigenvalue weighted by Crippen LogP contribution is 2.29. The minimum Gasteiger partial charge on any atom is -0.423 e. The van der Waals surface area contributed by atoms with E-state index in [1.165, 1.54) is 24.3 Å². The number of primary sulfonamides is 1. The molecule has 27 heavy (non-hydrogen) atoms. The van der Waals surface area contributed by atoms with Crippen molar-refractivity contribution < 1.29 is 17.6 Å². The van der Waals surface area contributed by atoms with Crippen LogP contribution in [0.15, 0.2) is 57.8 Å². The molecule has 2 aromatic carbocycles. The molecule has 1 saturated heterocycles. The number of fused-ring (bicyclic) bond motifs is 1. The maximum absolute atomic E-state index is 12.7. The third kappa shape index (κ3) is 3.51. The molecule has 140 valence electrons. The van der Waals surface area contributed by atoms with Crippen molar-refractivity contribution in [1.82, 2.24) is 4.98 Å². The first-order valence-corrected chi connectivity index (χ1v) is 10.0. The van der Waals surface area contributed by atoms with Gasteiger partial charge in [0, 0.05) is 12.2 Å². The standard InChI is InChI=1S/C18H18N4O4S/c19-27(24,25)13-9-7-12(8-10-13)20-17(23)15-5-3-11-22(15)18-21-14-4-1-2-6-16(14)26-18/h1-2,4,6-10,15H,3,5,11H2,(H,20,23)(H2,19,24,25)/t15-/m1/s1. The summed E-state index contributed by atoms with van der Waals surface area (Å²) < 4.78 is 28.4. The summed E-state index contributed by atoms with van der Waals surface area (Å²) in [4.78, 5) is 19.1. The van der Waals surface area contributed by atoms with Crippen molar-refractivity contribution in [2.24, 2.45) is 5.14 Å². The van der Waals surface area contributed by atoms with E-state index in [0.717, 1.165) is 11.9 Å². The Balaban J connectivity index is 1.52. The zero-order chi connectivity index (χ0) is 19.0. The number of sulfonamides is 1. The third-order valence-corrected chi connectivity index (χ3v) is 5.46. The number of oxazole rings is 1. The average molecular weight is 386 g/mol. The zero-order valence-electron chi connectivity index (χ0n) is 14.3. The minimum atomic E-state index is -3.76. The summed E-state index contributed by atoms with van der Waals surface area (Å²) in [6.45, 7) is 0.676. The fourth-order valence-electron chi connectivity index (χ4n) is 3.20. The van der Waals surface area contributed by atoms with Gasteiger partial charge >= 0.3 is 0 Å². The van der Waals surface area contributed by atoms with Gasteiger partial charge in [0.1, 0.15) is 11.6 Å². The second-order valence-corrected chi connectivity index (χ2v) is 7.94. The number of rotatable bonds is 4. The maximum Gasteiger partial charge on any atom is 0.299 e. The van der Waals surface area contributed by atoms with Crippen LogP contribution in [0.5, 0.6) is 0 Å². The van der Waals surface area contributed by atoms with E-state index in [2.05, 4.69) is 10.3 Å². The highest BCUT2D eigenvalue weighted by Gasteiger charge is 2.33. The second-order valence-electron chi connectivity index (χ2n) is 6.37. The molecule has 0 aliphatic carbocycles. The quantitative estimate of drug-likeness (QED) is 0.709. The Morgan fingerprint density at radius 3 is 2.63 bits per heavy atom. The van der Waals surface area contributed by atoms with Gasteiger partial charge in [-0.15, -0.1) is 0 Å². The van der Waals surface area contributed by atoms with E-state index in [1.807, 2.05) is 29.2 Å². The van der Waals surface area contributed by atoms with Crippen LogP contribution in [0.2, 0.25) is 0 Å². The molecule has 4 rings (SSSR count). The van der Waals surface area contributed by atoms with E-state index in [4.69, 9.17) is 9.56 Å². The molecular weight excluding hydrogens is 368 g/mol. The summed E-state index contributed by atoms with van der Waals surface area (Å²) >= 11 is 0. The number of nitrogens with one attached hydrogen (secondary N) is 1. The molecule has 0 saturated carbocycles. The number of para-hydroxylation sites is 2. The van der Waals surface area contributed by atoms with Gasteiger partial charge in [-0.2, -0.15) is 4.98 Å². The molecule has 8 nitrogen and oxygen atoms in total. The third-order valence-electron chi connectivity index (χ3n) is 4.53. The first-order valence-electron chi connectivity index (χ1n) is 8.48. The fourth-order valence-corrected chi connectivity index (χ4v) is 3.72. The molecule has 1 fully saturated rings. The number of anilines is 2. The highest BCUT2D eigenvalue weighted by molar-refractivity contribution is 7.89. The first kappa shape index (κ1) is 17.5. The van der Waals surface area contributed by atoms with E-state index in [0.29, 0.717) is 30.3 Å². The summed E-state index contributed by atoms with van der Waals surface area (Å²) in [5, 5.41) is 7.89. The van der Waals surface area contributed by atoms with Crippen molar-refractivity contribution in [2.75, 3.05) is 16.8 Å². The summed E-state index contributed by atoms with van der Waals surface area (Å²) in [7, 11) is -3.76. The number of nitrogens with zero attached hydrogens (tertiary/aromatic N) is 2. The Bertz CT molecular complexity index is 1060. The van der Waals surface area contributed by atoms with Gasteiger partial charge in [0.25, 0.3) is 6.01 Å². The van der Waals surface area contributed by atoms with Crippen molar-refractivity contribution in [3.8, 4) is 0 Å². The lowest BCUT2D eigenvalue weighted by Crippen LogP contribution is -2.39. The van der Waals surface area contributed by atoms with Crippen LogP contribution in [0, 0.1) is 0 Å². The average Bonchev–Trinajstić information content (AvgIpc) is 3.28. The second kappa shape index (κ2) is 6.67. The summed E-state index contributed by atoms with van der Waals surface area (Å²) in [5.41, 5.74) is 1.92.